The molecule has 0 amide bonds. The van der Waals surface area contributed by atoms with Crippen molar-refractivity contribution in [1.82, 2.24) is 0 Å². The molecule has 0 saturated heterocycles. The van der Waals surface area contributed by atoms with Gasteiger partial charge in [-0.3, -0.25) is 4.79 Å². The predicted octanol–water partition coefficient (Wildman–Crippen LogP) is 3.18. The van der Waals surface area contributed by atoms with Crippen LogP contribution in [0.25, 0.3) is 0 Å². The molecule has 0 aliphatic carbocycles. The molecule has 84 valence electrons. The summed E-state index contributed by atoms with van der Waals surface area (Å²) in [6.45, 7) is 1.29. The maximum absolute atomic E-state index is 11.8. The third-order valence-electron chi connectivity index (χ3n) is 1.19. The average molecular weight is 241 g/mol. The molecule has 1 N–H and O–H groups in total. The fourth-order valence-corrected chi connectivity index (χ4v) is 0.650. The van der Waals surface area contributed by atoms with Gasteiger partial charge in [-0.1, -0.05) is 0 Å². The average Bonchev–Trinajstić information content (AvgIpc) is 2.01. The molecular formula is C9H8ClF3O2. The molecule has 0 spiro atoms. The summed E-state index contributed by atoms with van der Waals surface area (Å²) in [6, 6.07) is 3.66. The molecule has 2 nitrogen and oxygen atoms in total. The number of phenols is 1. The topological polar surface area (TPSA) is 37.3 Å². The van der Waals surface area contributed by atoms with Crippen LogP contribution in [0.4, 0.5) is 13.2 Å². The van der Waals surface area contributed by atoms with Gasteiger partial charge >= 0.3 is 6.18 Å². The van der Waals surface area contributed by atoms with E-state index in [9.17, 15) is 18.0 Å². The van der Waals surface area contributed by atoms with Crippen molar-refractivity contribution in [3.05, 3.63) is 29.8 Å². The van der Waals surface area contributed by atoms with Gasteiger partial charge in [-0.25, -0.2) is 0 Å². The Morgan fingerprint density at radius 1 is 1.27 bits per heavy atom. The lowest BCUT2D eigenvalue weighted by Crippen LogP contribution is -2.03. The standard InChI is InChI=1S/C7H5F3O.C2H3ClO/c8-7(9,10)5-1-3-6(11)4-2-5;1-2(3)4/h1-4,11H;1H3. The van der Waals surface area contributed by atoms with Crippen LogP contribution < -0.4 is 0 Å². The fraction of sp³-hybridized carbons (Fsp3) is 0.222. The van der Waals surface area contributed by atoms with E-state index >= 15 is 0 Å². The zero-order valence-electron chi connectivity index (χ0n) is 7.68. The van der Waals surface area contributed by atoms with Gasteiger partial charge < -0.3 is 5.11 Å². The van der Waals surface area contributed by atoms with E-state index in [0.29, 0.717) is 0 Å². The second-order valence-electron chi connectivity index (χ2n) is 2.51. The molecule has 0 unspecified atom stereocenters. The molecule has 0 aromatic heterocycles. The zero-order chi connectivity index (χ0) is 12.1. The minimum Gasteiger partial charge on any atom is -0.508 e. The summed E-state index contributed by atoms with van der Waals surface area (Å²) in [5, 5.41) is 8.29. The van der Waals surface area contributed by atoms with Gasteiger partial charge in [0.2, 0.25) is 5.24 Å². The highest BCUT2D eigenvalue weighted by Crippen LogP contribution is 2.29. The molecule has 15 heavy (non-hydrogen) atoms. The molecule has 0 atom stereocenters. The van der Waals surface area contributed by atoms with Crippen molar-refractivity contribution in [2.45, 2.75) is 13.1 Å². The smallest absolute Gasteiger partial charge is 0.416 e. The largest absolute Gasteiger partial charge is 0.508 e. The van der Waals surface area contributed by atoms with Gasteiger partial charge in [0.05, 0.1) is 5.56 Å². The quantitative estimate of drug-likeness (QED) is 0.707. The Kier molecular flexibility index (Phi) is 5.14. The second kappa shape index (κ2) is 5.60. The van der Waals surface area contributed by atoms with E-state index in [2.05, 4.69) is 11.6 Å². The third kappa shape index (κ3) is 6.79. The van der Waals surface area contributed by atoms with E-state index in [-0.39, 0.29) is 11.0 Å². The van der Waals surface area contributed by atoms with Crippen LogP contribution in [0.1, 0.15) is 12.5 Å². The summed E-state index contributed by atoms with van der Waals surface area (Å²) in [5.41, 5.74) is -0.754. The van der Waals surface area contributed by atoms with Crippen molar-refractivity contribution < 1.29 is 23.1 Å². The molecule has 0 fully saturated rings. The minimum absolute atomic E-state index is 0.169. The molecule has 0 aliphatic rings. The number of hydrogen-bond donors (Lipinski definition) is 1. The van der Waals surface area contributed by atoms with Crippen LogP contribution in [0.2, 0.25) is 0 Å². The Morgan fingerprint density at radius 2 is 1.60 bits per heavy atom. The molecule has 0 aliphatic heterocycles. The van der Waals surface area contributed by atoms with Crippen molar-refractivity contribution in [2.75, 3.05) is 0 Å². The first-order valence-corrected chi connectivity index (χ1v) is 4.13. The highest BCUT2D eigenvalue weighted by molar-refractivity contribution is 6.62. The molecule has 6 heteroatoms. The first kappa shape index (κ1) is 13.8. The fourth-order valence-electron chi connectivity index (χ4n) is 0.650. The van der Waals surface area contributed by atoms with Gasteiger partial charge in [0.15, 0.2) is 0 Å². The number of benzene rings is 1. The summed E-state index contributed by atoms with van der Waals surface area (Å²) in [6.07, 6.45) is -4.33. The number of aromatic hydroxyl groups is 1. The molecule has 1 rings (SSSR count). The molecule has 0 saturated carbocycles. The lowest BCUT2D eigenvalue weighted by atomic mass is 10.2. The first-order chi connectivity index (χ1) is 6.73. The molecule has 0 bridgehead atoms. The maximum Gasteiger partial charge on any atom is 0.416 e. The second-order valence-corrected chi connectivity index (χ2v) is 3.05. The molecule has 1 aromatic carbocycles. The van der Waals surface area contributed by atoms with Crippen LogP contribution in [0, 0.1) is 0 Å². The Bertz CT molecular complexity index is 315. The van der Waals surface area contributed by atoms with Gasteiger partial charge in [-0.05, 0) is 35.9 Å². The van der Waals surface area contributed by atoms with Crippen LogP contribution in [0.5, 0.6) is 5.75 Å². The van der Waals surface area contributed by atoms with Crippen LogP contribution in [0.3, 0.4) is 0 Å². The number of carbonyl (C=O) groups is 1. The van der Waals surface area contributed by atoms with Crippen molar-refractivity contribution in [3.8, 4) is 5.75 Å². The Hall–Kier alpha value is -1.23. The monoisotopic (exact) mass is 240 g/mol. The van der Waals surface area contributed by atoms with Crippen molar-refractivity contribution in [2.24, 2.45) is 0 Å². The lowest BCUT2D eigenvalue weighted by Gasteiger charge is -2.04. The van der Waals surface area contributed by atoms with E-state index in [4.69, 9.17) is 5.11 Å². The number of halogens is 4. The van der Waals surface area contributed by atoms with Gasteiger partial charge in [-0.15, -0.1) is 0 Å². The highest BCUT2D eigenvalue weighted by atomic mass is 35.5. The van der Waals surface area contributed by atoms with E-state index < -0.39 is 11.7 Å². The Balaban J connectivity index is 0.000000423. The van der Waals surface area contributed by atoms with Gasteiger partial charge in [0, 0.05) is 6.92 Å². The number of alkyl halides is 3. The number of phenolic OH excluding ortho intramolecular Hbond substituents is 1. The Morgan fingerprint density at radius 3 is 1.87 bits per heavy atom. The first-order valence-electron chi connectivity index (χ1n) is 3.76. The van der Waals surface area contributed by atoms with Gasteiger partial charge in [0.1, 0.15) is 5.75 Å². The Labute approximate surface area is 89.3 Å². The lowest BCUT2D eigenvalue weighted by molar-refractivity contribution is -0.137. The molecule has 0 radical (unpaired) electrons. The van der Waals surface area contributed by atoms with Crippen molar-refractivity contribution >= 4 is 16.8 Å². The van der Waals surface area contributed by atoms with Crippen LogP contribution in [-0.4, -0.2) is 10.3 Å². The van der Waals surface area contributed by atoms with Crippen molar-refractivity contribution in [3.63, 3.8) is 0 Å². The van der Waals surface area contributed by atoms with Crippen LogP contribution in [0.15, 0.2) is 24.3 Å². The predicted molar refractivity (Wildman–Crippen MR) is 49.6 cm³/mol. The van der Waals surface area contributed by atoms with Gasteiger partial charge in [0.25, 0.3) is 0 Å². The molecule has 0 heterocycles. The van der Waals surface area contributed by atoms with Gasteiger partial charge in [-0.2, -0.15) is 13.2 Å². The minimum atomic E-state index is -4.33. The third-order valence-corrected chi connectivity index (χ3v) is 1.19. The van der Waals surface area contributed by atoms with Crippen molar-refractivity contribution in [1.29, 1.82) is 0 Å². The molecule has 1 aromatic rings. The highest BCUT2D eigenvalue weighted by Gasteiger charge is 2.29. The SMILES string of the molecule is CC(=O)Cl.Oc1ccc(C(F)(F)F)cc1. The summed E-state index contributed by atoms with van der Waals surface area (Å²) in [7, 11) is 0. The summed E-state index contributed by atoms with van der Waals surface area (Å²) >= 11 is 4.64. The van der Waals surface area contributed by atoms with E-state index in [1.807, 2.05) is 0 Å². The molecular weight excluding hydrogens is 233 g/mol. The number of hydrogen-bond acceptors (Lipinski definition) is 2. The normalized spacial score (nSPS) is 10.2. The summed E-state index contributed by atoms with van der Waals surface area (Å²) in [5.74, 6) is -0.169. The van der Waals surface area contributed by atoms with E-state index in [1.54, 1.807) is 0 Å². The van der Waals surface area contributed by atoms with E-state index in [0.717, 1.165) is 24.3 Å². The summed E-state index contributed by atoms with van der Waals surface area (Å²) < 4.78 is 35.5. The zero-order valence-corrected chi connectivity index (χ0v) is 8.43. The van der Waals surface area contributed by atoms with Crippen LogP contribution in [-0.2, 0) is 11.0 Å². The van der Waals surface area contributed by atoms with E-state index in [1.165, 1.54) is 6.92 Å². The van der Waals surface area contributed by atoms with Crippen LogP contribution >= 0.6 is 11.6 Å². The number of rotatable bonds is 0. The maximum atomic E-state index is 11.8. The number of carbonyl (C=O) groups excluding carboxylic acids is 1. The summed E-state index contributed by atoms with van der Waals surface area (Å²) in [4.78, 5) is 9.21.